The molecule has 118 valence electrons. The molecule has 0 radical (unpaired) electrons. The lowest BCUT2D eigenvalue weighted by molar-refractivity contribution is 0.252. The lowest BCUT2D eigenvalue weighted by Crippen LogP contribution is -2.47. The van der Waals surface area contributed by atoms with Gasteiger partial charge in [0.05, 0.1) is 6.26 Å². The van der Waals surface area contributed by atoms with E-state index in [1.807, 2.05) is 25.1 Å². The Labute approximate surface area is 130 Å². The van der Waals surface area contributed by atoms with Crippen LogP contribution in [0.1, 0.15) is 17.9 Å². The van der Waals surface area contributed by atoms with Gasteiger partial charge in [-0.1, -0.05) is 0 Å². The van der Waals surface area contributed by atoms with Crippen LogP contribution in [-0.4, -0.2) is 47.6 Å². The van der Waals surface area contributed by atoms with Crippen molar-refractivity contribution in [2.24, 2.45) is 0 Å². The summed E-state index contributed by atoms with van der Waals surface area (Å²) in [7, 11) is 0. The van der Waals surface area contributed by atoms with Gasteiger partial charge in [-0.15, -0.1) is 0 Å². The number of furan rings is 1. The molecule has 1 aliphatic rings. The van der Waals surface area contributed by atoms with Crippen LogP contribution in [0.4, 0.5) is 11.8 Å². The molecule has 2 aromatic rings. The summed E-state index contributed by atoms with van der Waals surface area (Å²) in [6, 6.07) is 5.99. The standard InChI is InChI=1S/C16H23N5O/c1-13-12-15(19-16(17)18-13)21-9-7-20(8-10-21)6-2-4-14-5-3-11-22-14/h3,5,11-12H,2,4,6-10H2,1H3,(H2,17,18,19). The van der Waals surface area contributed by atoms with Crippen LogP contribution in [0.5, 0.6) is 0 Å². The molecule has 0 bridgehead atoms. The Bertz CT molecular complexity index is 570. The van der Waals surface area contributed by atoms with E-state index in [1.165, 1.54) is 0 Å². The SMILES string of the molecule is Cc1cc(N2CCN(CCCc3ccco3)CC2)nc(N)n1. The van der Waals surface area contributed by atoms with Crippen molar-refractivity contribution in [1.82, 2.24) is 14.9 Å². The maximum absolute atomic E-state index is 5.74. The second-order valence-corrected chi connectivity index (χ2v) is 5.74. The number of aromatic nitrogens is 2. The molecular weight excluding hydrogens is 278 g/mol. The van der Waals surface area contributed by atoms with E-state index in [9.17, 15) is 0 Å². The van der Waals surface area contributed by atoms with Crippen molar-refractivity contribution in [1.29, 1.82) is 0 Å². The maximum atomic E-state index is 5.74. The minimum atomic E-state index is 0.357. The first-order valence-electron chi connectivity index (χ1n) is 7.81. The number of hydrogen-bond donors (Lipinski definition) is 1. The lowest BCUT2D eigenvalue weighted by atomic mass is 10.2. The summed E-state index contributed by atoms with van der Waals surface area (Å²) in [5.74, 6) is 2.38. The van der Waals surface area contributed by atoms with Crippen molar-refractivity contribution in [2.45, 2.75) is 19.8 Å². The minimum Gasteiger partial charge on any atom is -0.469 e. The quantitative estimate of drug-likeness (QED) is 0.906. The summed E-state index contributed by atoms with van der Waals surface area (Å²) in [6.45, 7) is 7.14. The Balaban J connectivity index is 1.45. The highest BCUT2D eigenvalue weighted by atomic mass is 16.3. The number of nitrogens with zero attached hydrogens (tertiary/aromatic N) is 4. The Morgan fingerprint density at radius 2 is 2.05 bits per heavy atom. The summed E-state index contributed by atoms with van der Waals surface area (Å²) >= 11 is 0. The third kappa shape index (κ3) is 3.76. The van der Waals surface area contributed by atoms with Crippen LogP contribution < -0.4 is 10.6 Å². The van der Waals surface area contributed by atoms with Gasteiger partial charge in [0.25, 0.3) is 0 Å². The first-order chi connectivity index (χ1) is 10.7. The van der Waals surface area contributed by atoms with Crippen LogP contribution in [0.15, 0.2) is 28.9 Å². The van der Waals surface area contributed by atoms with Gasteiger partial charge in [0.2, 0.25) is 5.95 Å². The number of nitrogen functional groups attached to an aromatic ring is 1. The monoisotopic (exact) mass is 301 g/mol. The second kappa shape index (κ2) is 6.79. The summed E-state index contributed by atoms with van der Waals surface area (Å²) < 4.78 is 5.37. The van der Waals surface area contributed by atoms with E-state index >= 15 is 0 Å². The predicted molar refractivity (Wildman–Crippen MR) is 86.9 cm³/mol. The van der Waals surface area contributed by atoms with Gasteiger partial charge < -0.3 is 15.1 Å². The molecule has 1 fully saturated rings. The molecule has 3 rings (SSSR count). The molecule has 0 saturated carbocycles. The van der Waals surface area contributed by atoms with Crippen molar-refractivity contribution >= 4 is 11.8 Å². The molecule has 0 aliphatic carbocycles. The minimum absolute atomic E-state index is 0.357. The average Bonchev–Trinajstić information content (AvgIpc) is 3.00. The largest absolute Gasteiger partial charge is 0.469 e. The molecule has 1 saturated heterocycles. The predicted octanol–water partition coefficient (Wildman–Crippen LogP) is 1.72. The molecule has 2 aromatic heterocycles. The molecule has 1 aliphatic heterocycles. The Hall–Kier alpha value is -2.08. The highest BCUT2D eigenvalue weighted by molar-refractivity contribution is 5.43. The van der Waals surface area contributed by atoms with Gasteiger partial charge >= 0.3 is 0 Å². The van der Waals surface area contributed by atoms with Crippen molar-refractivity contribution in [3.63, 3.8) is 0 Å². The third-order valence-corrected chi connectivity index (χ3v) is 4.03. The highest BCUT2D eigenvalue weighted by Gasteiger charge is 2.18. The van der Waals surface area contributed by atoms with Gasteiger partial charge in [-0.25, -0.2) is 4.98 Å². The van der Waals surface area contributed by atoms with Gasteiger partial charge in [-0.2, -0.15) is 4.98 Å². The highest BCUT2D eigenvalue weighted by Crippen LogP contribution is 2.16. The molecule has 2 N–H and O–H groups in total. The van der Waals surface area contributed by atoms with Gasteiger partial charge in [0.15, 0.2) is 0 Å². The molecule has 0 amide bonds. The number of rotatable bonds is 5. The van der Waals surface area contributed by atoms with Gasteiger partial charge in [0.1, 0.15) is 11.6 Å². The molecule has 6 heteroatoms. The third-order valence-electron chi connectivity index (χ3n) is 4.03. The summed E-state index contributed by atoms with van der Waals surface area (Å²) in [6.07, 6.45) is 3.88. The average molecular weight is 301 g/mol. The Kier molecular flexibility index (Phi) is 4.58. The molecule has 0 atom stereocenters. The summed E-state index contributed by atoms with van der Waals surface area (Å²) in [5.41, 5.74) is 6.66. The van der Waals surface area contributed by atoms with Gasteiger partial charge in [0, 0.05) is 44.4 Å². The Morgan fingerprint density at radius 1 is 1.23 bits per heavy atom. The molecule has 0 spiro atoms. The van der Waals surface area contributed by atoms with E-state index in [4.69, 9.17) is 10.2 Å². The normalized spacial score (nSPS) is 16.1. The van der Waals surface area contributed by atoms with Crippen LogP contribution in [-0.2, 0) is 6.42 Å². The number of piperazine rings is 1. The number of anilines is 2. The van der Waals surface area contributed by atoms with E-state index in [0.717, 1.165) is 62.8 Å². The van der Waals surface area contributed by atoms with E-state index in [2.05, 4.69) is 19.8 Å². The molecule has 0 aromatic carbocycles. The molecule has 22 heavy (non-hydrogen) atoms. The first-order valence-corrected chi connectivity index (χ1v) is 7.81. The van der Waals surface area contributed by atoms with Crippen LogP contribution in [0.25, 0.3) is 0 Å². The van der Waals surface area contributed by atoms with Crippen molar-refractivity contribution < 1.29 is 4.42 Å². The summed E-state index contributed by atoms with van der Waals surface area (Å²) in [4.78, 5) is 13.3. The van der Waals surface area contributed by atoms with Crippen molar-refractivity contribution in [3.05, 3.63) is 35.9 Å². The topological polar surface area (TPSA) is 71.4 Å². The maximum Gasteiger partial charge on any atom is 0.222 e. The molecule has 3 heterocycles. The van der Waals surface area contributed by atoms with Crippen LogP contribution in [0, 0.1) is 6.92 Å². The summed E-state index contributed by atoms with van der Waals surface area (Å²) in [5, 5.41) is 0. The lowest BCUT2D eigenvalue weighted by Gasteiger charge is -2.35. The van der Waals surface area contributed by atoms with Crippen molar-refractivity contribution in [2.75, 3.05) is 43.4 Å². The fourth-order valence-corrected chi connectivity index (χ4v) is 2.87. The first kappa shape index (κ1) is 14.8. The van der Waals surface area contributed by atoms with Crippen LogP contribution >= 0.6 is 0 Å². The Morgan fingerprint density at radius 3 is 2.73 bits per heavy atom. The molecular formula is C16H23N5O. The van der Waals surface area contributed by atoms with E-state index in [1.54, 1.807) is 6.26 Å². The van der Waals surface area contributed by atoms with E-state index in [0.29, 0.717) is 5.95 Å². The smallest absolute Gasteiger partial charge is 0.222 e. The fourth-order valence-electron chi connectivity index (χ4n) is 2.87. The molecule has 6 nitrogen and oxygen atoms in total. The zero-order valence-electron chi connectivity index (χ0n) is 13.0. The number of hydrogen-bond acceptors (Lipinski definition) is 6. The van der Waals surface area contributed by atoms with Gasteiger partial charge in [-0.05, 0) is 32.0 Å². The van der Waals surface area contributed by atoms with E-state index in [-0.39, 0.29) is 0 Å². The number of nitrogens with two attached hydrogens (primary N) is 1. The van der Waals surface area contributed by atoms with E-state index < -0.39 is 0 Å². The molecule has 0 unspecified atom stereocenters. The van der Waals surface area contributed by atoms with Crippen molar-refractivity contribution in [3.8, 4) is 0 Å². The zero-order valence-corrected chi connectivity index (χ0v) is 13.0. The fraction of sp³-hybridized carbons (Fsp3) is 0.500. The zero-order chi connectivity index (χ0) is 15.4. The number of aryl methyl sites for hydroxylation is 2. The van der Waals surface area contributed by atoms with Crippen LogP contribution in [0.2, 0.25) is 0 Å². The van der Waals surface area contributed by atoms with Crippen LogP contribution in [0.3, 0.4) is 0 Å². The second-order valence-electron chi connectivity index (χ2n) is 5.74. The van der Waals surface area contributed by atoms with Gasteiger partial charge in [-0.3, -0.25) is 4.90 Å².